The van der Waals surface area contributed by atoms with Crippen LogP contribution in [0.25, 0.3) is 10.9 Å². The first-order valence-corrected chi connectivity index (χ1v) is 5.74. The van der Waals surface area contributed by atoms with Gasteiger partial charge in [-0.15, -0.1) is 0 Å². The minimum atomic E-state index is 0.643. The molecule has 0 bridgehead atoms. The van der Waals surface area contributed by atoms with E-state index in [2.05, 4.69) is 21.0 Å². The van der Waals surface area contributed by atoms with Gasteiger partial charge >= 0.3 is 0 Å². The van der Waals surface area contributed by atoms with Crippen molar-refractivity contribution in [3.63, 3.8) is 0 Å². The molecule has 0 saturated carbocycles. The zero-order chi connectivity index (χ0) is 11.0. The van der Waals surface area contributed by atoms with Crippen molar-refractivity contribution in [2.24, 2.45) is 0 Å². The molecule has 0 unspecified atom stereocenters. The lowest BCUT2D eigenvalue weighted by molar-refractivity contribution is 0.368. The molecule has 1 heterocycles. The quantitative estimate of drug-likeness (QED) is 0.846. The van der Waals surface area contributed by atoms with Gasteiger partial charge < -0.3 is 4.74 Å². The van der Waals surface area contributed by atoms with Crippen molar-refractivity contribution in [2.45, 2.75) is 13.5 Å². The van der Waals surface area contributed by atoms with Crippen LogP contribution in [0, 0.1) is 0 Å². The van der Waals surface area contributed by atoms with Crippen molar-refractivity contribution in [1.29, 1.82) is 0 Å². The van der Waals surface area contributed by atoms with E-state index >= 15 is 0 Å². The highest BCUT2D eigenvalue weighted by Crippen LogP contribution is 2.36. The summed E-state index contributed by atoms with van der Waals surface area (Å²) < 4.78 is 7.97. The summed E-state index contributed by atoms with van der Waals surface area (Å²) in [6, 6.07) is 3.80. The molecule has 0 aliphatic rings. The van der Waals surface area contributed by atoms with Gasteiger partial charge in [0.05, 0.1) is 23.0 Å². The van der Waals surface area contributed by atoms with Crippen LogP contribution in [0.4, 0.5) is 0 Å². The Morgan fingerprint density at radius 1 is 1.53 bits per heavy atom. The maximum atomic E-state index is 6.20. The van der Waals surface area contributed by atoms with E-state index in [0.29, 0.717) is 10.9 Å². The SMILES string of the molecule is CCn1nc2ccc(Br)c(Cl)c2c1OC. The molecule has 2 aromatic rings. The molecule has 1 aromatic heterocycles. The van der Waals surface area contributed by atoms with Crippen LogP contribution in [0.2, 0.25) is 5.02 Å². The average molecular weight is 290 g/mol. The van der Waals surface area contributed by atoms with Gasteiger partial charge in [-0.3, -0.25) is 0 Å². The van der Waals surface area contributed by atoms with Crippen LogP contribution < -0.4 is 4.74 Å². The number of hydrogen-bond acceptors (Lipinski definition) is 2. The highest BCUT2D eigenvalue weighted by atomic mass is 79.9. The van der Waals surface area contributed by atoms with E-state index in [4.69, 9.17) is 16.3 Å². The van der Waals surface area contributed by atoms with Crippen molar-refractivity contribution >= 4 is 38.4 Å². The summed E-state index contributed by atoms with van der Waals surface area (Å²) in [6.07, 6.45) is 0. The van der Waals surface area contributed by atoms with Gasteiger partial charge in [0.2, 0.25) is 5.88 Å². The van der Waals surface area contributed by atoms with Gasteiger partial charge in [0.25, 0.3) is 0 Å². The van der Waals surface area contributed by atoms with E-state index < -0.39 is 0 Å². The second-order valence-electron chi connectivity index (χ2n) is 3.08. The van der Waals surface area contributed by atoms with Crippen LogP contribution in [0.15, 0.2) is 16.6 Å². The summed E-state index contributed by atoms with van der Waals surface area (Å²) in [5, 5.41) is 5.89. The number of benzene rings is 1. The fourth-order valence-corrected chi connectivity index (χ4v) is 2.12. The highest BCUT2D eigenvalue weighted by Gasteiger charge is 2.15. The second-order valence-corrected chi connectivity index (χ2v) is 4.31. The molecule has 3 nitrogen and oxygen atoms in total. The molecule has 15 heavy (non-hydrogen) atoms. The van der Waals surface area contributed by atoms with E-state index in [1.807, 2.05) is 19.1 Å². The second kappa shape index (κ2) is 4.02. The molecule has 0 aliphatic carbocycles. The fraction of sp³-hybridized carbons (Fsp3) is 0.300. The van der Waals surface area contributed by atoms with Crippen LogP contribution in [0.5, 0.6) is 5.88 Å². The molecule has 0 atom stereocenters. The molecular formula is C10H10BrClN2O. The lowest BCUT2D eigenvalue weighted by atomic mass is 10.2. The summed E-state index contributed by atoms with van der Waals surface area (Å²) >= 11 is 9.59. The summed E-state index contributed by atoms with van der Waals surface area (Å²) in [5.41, 5.74) is 0.849. The van der Waals surface area contributed by atoms with Crippen LogP contribution in [0.3, 0.4) is 0 Å². The Kier molecular flexibility index (Phi) is 2.89. The first-order valence-electron chi connectivity index (χ1n) is 4.57. The zero-order valence-electron chi connectivity index (χ0n) is 8.42. The number of fused-ring (bicyclic) bond motifs is 1. The van der Waals surface area contributed by atoms with Crippen LogP contribution in [0.1, 0.15) is 6.92 Å². The Bertz CT molecular complexity index is 510. The molecule has 1 aromatic carbocycles. The average Bonchev–Trinajstić information content (AvgIpc) is 2.61. The molecule has 0 fully saturated rings. The Balaban J connectivity index is 2.85. The molecule has 0 radical (unpaired) electrons. The van der Waals surface area contributed by atoms with Crippen LogP contribution in [-0.2, 0) is 6.54 Å². The molecule has 0 spiro atoms. The standard InChI is InChI=1S/C10H10BrClN2O/c1-3-14-10(15-2)8-7(13-14)5-4-6(11)9(8)12/h4-5H,3H2,1-2H3. The third kappa shape index (κ3) is 1.62. The van der Waals surface area contributed by atoms with Gasteiger partial charge in [-0.25, -0.2) is 4.68 Å². The van der Waals surface area contributed by atoms with Gasteiger partial charge in [-0.1, -0.05) is 11.6 Å². The number of rotatable bonds is 2. The van der Waals surface area contributed by atoms with Crippen LogP contribution in [-0.4, -0.2) is 16.9 Å². The number of ether oxygens (including phenoxy) is 1. The van der Waals surface area contributed by atoms with Crippen molar-refractivity contribution in [2.75, 3.05) is 7.11 Å². The fourth-order valence-electron chi connectivity index (χ4n) is 1.55. The predicted octanol–water partition coefficient (Wildman–Crippen LogP) is 3.48. The first kappa shape index (κ1) is 10.8. The largest absolute Gasteiger partial charge is 0.481 e. The molecule has 2 rings (SSSR count). The molecule has 0 amide bonds. The van der Waals surface area contributed by atoms with E-state index in [1.165, 1.54) is 0 Å². The molecule has 80 valence electrons. The Hall–Kier alpha value is -0.740. The summed E-state index contributed by atoms with van der Waals surface area (Å²) in [6.45, 7) is 2.77. The summed E-state index contributed by atoms with van der Waals surface area (Å²) in [5.74, 6) is 0.707. The third-order valence-corrected chi connectivity index (χ3v) is 3.52. The van der Waals surface area contributed by atoms with Crippen molar-refractivity contribution in [1.82, 2.24) is 9.78 Å². The zero-order valence-corrected chi connectivity index (χ0v) is 10.8. The Labute approximate surface area is 101 Å². The number of hydrogen-bond donors (Lipinski definition) is 0. The van der Waals surface area contributed by atoms with Gasteiger partial charge in [0.1, 0.15) is 0 Å². The Morgan fingerprint density at radius 3 is 2.87 bits per heavy atom. The number of aryl methyl sites for hydroxylation is 1. The number of nitrogens with zero attached hydrogens (tertiary/aromatic N) is 2. The minimum absolute atomic E-state index is 0.643. The van der Waals surface area contributed by atoms with E-state index in [0.717, 1.165) is 21.9 Å². The van der Waals surface area contributed by atoms with E-state index in [-0.39, 0.29) is 0 Å². The smallest absolute Gasteiger partial charge is 0.221 e. The lowest BCUT2D eigenvalue weighted by Crippen LogP contribution is -1.99. The molecular weight excluding hydrogens is 279 g/mol. The molecule has 0 aliphatic heterocycles. The minimum Gasteiger partial charge on any atom is -0.481 e. The third-order valence-electron chi connectivity index (χ3n) is 2.24. The number of halogens is 2. The molecule has 0 N–H and O–H groups in total. The number of aromatic nitrogens is 2. The molecule has 0 saturated heterocycles. The van der Waals surface area contributed by atoms with Crippen molar-refractivity contribution in [3.05, 3.63) is 21.6 Å². The normalized spacial score (nSPS) is 10.9. The van der Waals surface area contributed by atoms with Gasteiger partial charge in [0.15, 0.2) is 0 Å². The summed E-state index contributed by atoms with van der Waals surface area (Å²) in [4.78, 5) is 0. The first-order chi connectivity index (χ1) is 7.19. The maximum absolute atomic E-state index is 6.20. The van der Waals surface area contributed by atoms with Gasteiger partial charge in [-0.2, -0.15) is 5.10 Å². The number of methoxy groups -OCH3 is 1. The predicted molar refractivity (Wildman–Crippen MR) is 64.7 cm³/mol. The van der Waals surface area contributed by atoms with Crippen LogP contribution >= 0.6 is 27.5 Å². The van der Waals surface area contributed by atoms with E-state index in [9.17, 15) is 0 Å². The maximum Gasteiger partial charge on any atom is 0.221 e. The van der Waals surface area contributed by atoms with Crippen molar-refractivity contribution in [3.8, 4) is 5.88 Å². The topological polar surface area (TPSA) is 27.1 Å². The highest BCUT2D eigenvalue weighted by molar-refractivity contribution is 9.10. The lowest BCUT2D eigenvalue weighted by Gasteiger charge is -2.03. The van der Waals surface area contributed by atoms with Gasteiger partial charge in [-0.05, 0) is 35.0 Å². The Morgan fingerprint density at radius 2 is 2.27 bits per heavy atom. The van der Waals surface area contributed by atoms with Gasteiger partial charge in [0, 0.05) is 11.0 Å². The monoisotopic (exact) mass is 288 g/mol. The molecule has 5 heteroatoms. The summed E-state index contributed by atoms with van der Waals surface area (Å²) in [7, 11) is 1.62. The van der Waals surface area contributed by atoms with E-state index in [1.54, 1.807) is 11.8 Å². The van der Waals surface area contributed by atoms with Crippen molar-refractivity contribution < 1.29 is 4.74 Å².